The Hall–Kier alpha value is -1.84. The summed E-state index contributed by atoms with van der Waals surface area (Å²) in [5.74, 6) is 1.06. The third-order valence-electron chi connectivity index (χ3n) is 1.68. The summed E-state index contributed by atoms with van der Waals surface area (Å²) in [5.41, 5.74) is 6.52. The molecule has 13 heavy (non-hydrogen) atoms. The van der Waals surface area contributed by atoms with E-state index < -0.39 is 0 Å². The molecule has 1 aromatic heterocycles. The first kappa shape index (κ1) is 7.79. The third-order valence-corrected chi connectivity index (χ3v) is 1.68. The molecule has 65 valence electrons. The van der Waals surface area contributed by atoms with E-state index in [9.17, 15) is 0 Å². The van der Waals surface area contributed by atoms with Gasteiger partial charge in [-0.05, 0) is 11.6 Å². The Kier molecular flexibility index (Phi) is 1.96. The van der Waals surface area contributed by atoms with E-state index in [-0.39, 0.29) is 0 Å². The molecule has 0 unspecified atom stereocenters. The second-order valence-corrected chi connectivity index (χ2v) is 2.73. The molecule has 0 spiro atoms. The summed E-state index contributed by atoms with van der Waals surface area (Å²) < 4.78 is 0. The number of nitrogens with zero attached hydrogens (tertiary/aromatic N) is 2. The van der Waals surface area contributed by atoms with Crippen LogP contribution < -0.4 is 5.73 Å². The van der Waals surface area contributed by atoms with Gasteiger partial charge in [0, 0.05) is 6.42 Å². The van der Waals surface area contributed by atoms with Gasteiger partial charge >= 0.3 is 0 Å². The largest absolute Gasteiger partial charge is 0.368 e. The molecule has 1 radical (unpaired) electrons. The van der Waals surface area contributed by atoms with Crippen LogP contribution >= 0.6 is 0 Å². The molecule has 0 aliphatic heterocycles. The molecule has 0 aliphatic rings. The van der Waals surface area contributed by atoms with Crippen LogP contribution in [0.5, 0.6) is 0 Å². The Morgan fingerprint density at radius 1 is 1.54 bits per heavy atom. The minimum Gasteiger partial charge on any atom is -0.368 e. The molecule has 0 fully saturated rings. The van der Waals surface area contributed by atoms with Gasteiger partial charge in [0.2, 0.25) is 5.95 Å². The molecule has 0 aliphatic carbocycles. The van der Waals surface area contributed by atoms with Crippen molar-refractivity contribution in [1.82, 2.24) is 15.2 Å². The van der Waals surface area contributed by atoms with Gasteiger partial charge in [0.15, 0.2) is 5.82 Å². The number of aromatic amines is 1. The van der Waals surface area contributed by atoms with Crippen LogP contribution in [0.25, 0.3) is 0 Å². The SMILES string of the molecule is Nc1nc(Cc2c[c]ccc2)n[nH]1. The van der Waals surface area contributed by atoms with Gasteiger partial charge < -0.3 is 5.73 Å². The van der Waals surface area contributed by atoms with Gasteiger partial charge in [0.05, 0.1) is 0 Å². The number of hydrogen-bond acceptors (Lipinski definition) is 3. The third kappa shape index (κ3) is 1.84. The van der Waals surface area contributed by atoms with Gasteiger partial charge in [-0.2, -0.15) is 10.1 Å². The number of rotatable bonds is 2. The molecule has 4 heteroatoms. The summed E-state index contributed by atoms with van der Waals surface area (Å²) in [6.07, 6.45) is 0.686. The second kappa shape index (κ2) is 3.26. The summed E-state index contributed by atoms with van der Waals surface area (Å²) in [7, 11) is 0. The fourth-order valence-electron chi connectivity index (χ4n) is 1.11. The summed E-state index contributed by atoms with van der Waals surface area (Å²) in [6.45, 7) is 0. The highest BCUT2D eigenvalue weighted by molar-refractivity contribution is 5.20. The molecule has 0 atom stereocenters. The predicted octanol–water partition coefficient (Wildman–Crippen LogP) is 0.778. The lowest BCUT2D eigenvalue weighted by Gasteiger charge is -1.93. The Labute approximate surface area is 75.8 Å². The first-order valence-corrected chi connectivity index (χ1v) is 3.96. The lowest BCUT2D eigenvalue weighted by molar-refractivity contribution is 0.972. The van der Waals surface area contributed by atoms with Gasteiger partial charge in [0.1, 0.15) is 0 Å². The standard InChI is InChI=1S/C9H9N4/c10-9-11-8(12-13-9)6-7-4-2-1-3-5-7/h1-2,4-5H,6H2,(H3,10,11,12,13). The molecule has 1 heterocycles. The first-order valence-electron chi connectivity index (χ1n) is 3.96. The van der Waals surface area contributed by atoms with Crippen LogP contribution in [0.1, 0.15) is 11.4 Å². The number of aromatic nitrogens is 3. The molecular weight excluding hydrogens is 164 g/mol. The van der Waals surface area contributed by atoms with Crippen LogP contribution in [0.2, 0.25) is 0 Å². The maximum atomic E-state index is 5.40. The number of hydrogen-bond donors (Lipinski definition) is 2. The minimum absolute atomic E-state index is 0.356. The summed E-state index contributed by atoms with van der Waals surface area (Å²) in [4.78, 5) is 4.00. The van der Waals surface area contributed by atoms with Crippen molar-refractivity contribution in [3.63, 3.8) is 0 Å². The van der Waals surface area contributed by atoms with E-state index in [0.717, 1.165) is 5.56 Å². The van der Waals surface area contributed by atoms with Crippen LogP contribution in [0.15, 0.2) is 24.3 Å². The zero-order valence-electron chi connectivity index (χ0n) is 6.99. The highest BCUT2D eigenvalue weighted by Gasteiger charge is 2.00. The first-order chi connectivity index (χ1) is 6.34. The minimum atomic E-state index is 0.356. The highest BCUT2D eigenvalue weighted by atomic mass is 15.3. The van der Waals surface area contributed by atoms with Gasteiger partial charge in [-0.1, -0.05) is 24.3 Å². The number of anilines is 1. The van der Waals surface area contributed by atoms with Crippen molar-refractivity contribution in [2.45, 2.75) is 6.42 Å². The molecule has 0 saturated carbocycles. The molecule has 2 aromatic rings. The van der Waals surface area contributed by atoms with Crippen molar-refractivity contribution >= 4 is 5.95 Å². The van der Waals surface area contributed by atoms with Crippen LogP contribution in [0.4, 0.5) is 5.95 Å². The van der Waals surface area contributed by atoms with Gasteiger partial charge in [-0.15, -0.1) is 0 Å². The fraction of sp³-hybridized carbons (Fsp3) is 0.111. The number of nitrogens with one attached hydrogen (secondary N) is 1. The zero-order valence-corrected chi connectivity index (χ0v) is 6.99. The maximum absolute atomic E-state index is 5.40. The van der Waals surface area contributed by atoms with Gasteiger partial charge in [-0.25, -0.2) is 5.10 Å². The Morgan fingerprint density at radius 3 is 3.08 bits per heavy atom. The Morgan fingerprint density at radius 2 is 2.46 bits per heavy atom. The van der Waals surface area contributed by atoms with Crippen molar-refractivity contribution in [3.05, 3.63) is 41.7 Å². The number of benzene rings is 1. The van der Waals surface area contributed by atoms with E-state index in [2.05, 4.69) is 21.2 Å². The summed E-state index contributed by atoms with van der Waals surface area (Å²) >= 11 is 0. The number of nitrogen functional groups attached to an aromatic ring is 1. The van der Waals surface area contributed by atoms with Crippen molar-refractivity contribution in [3.8, 4) is 0 Å². The topological polar surface area (TPSA) is 67.6 Å². The second-order valence-electron chi connectivity index (χ2n) is 2.73. The molecule has 0 saturated heterocycles. The average Bonchev–Trinajstić information content (AvgIpc) is 2.53. The number of nitrogens with two attached hydrogens (primary N) is 1. The van der Waals surface area contributed by atoms with Crippen molar-refractivity contribution < 1.29 is 0 Å². The highest BCUT2D eigenvalue weighted by Crippen LogP contribution is 2.04. The normalized spacial score (nSPS) is 10.2. The molecular formula is C9H9N4. The van der Waals surface area contributed by atoms with E-state index in [1.165, 1.54) is 0 Å². The maximum Gasteiger partial charge on any atom is 0.216 e. The summed E-state index contributed by atoms with van der Waals surface area (Å²) in [5, 5.41) is 6.53. The van der Waals surface area contributed by atoms with Gasteiger partial charge in [-0.3, -0.25) is 0 Å². The van der Waals surface area contributed by atoms with Crippen LogP contribution in [-0.2, 0) is 6.42 Å². The van der Waals surface area contributed by atoms with Crippen LogP contribution in [0.3, 0.4) is 0 Å². The average molecular weight is 173 g/mol. The fourth-order valence-corrected chi connectivity index (χ4v) is 1.11. The number of H-pyrrole nitrogens is 1. The smallest absolute Gasteiger partial charge is 0.216 e. The van der Waals surface area contributed by atoms with Crippen molar-refractivity contribution in [2.75, 3.05) is 5.73 Å². The van der Waals surface area contributed by atoms with Gasteiger partial charge in [0.25, 0.3) is 0 Å². The monoisotopic (exact) mass is 173 g/mol. The van der Waals surface area contributed by atoms with Crippen LogP contribution in [-0.4, -0.2) is 15.2 Å². The Bertz CT molecular complexity index is 380. The lowest BCUT2D eigenvalue weighted by Crippen LogP contribution is -1.90. The Balaban J connectivity index is 2.15. The molecule has 3 N–H and O–H groups in total. The van der Waals surface area contributed by atoms with E-state index in [1.54, 1.807) is 0 Å². The van der Waals surface area contributed by atoms with E-state index in [4.69, 9.17) is 5.73 Å². The molecule has 2 rings (SSSR count). The van der Waals surface area contributed by atoms with Crippen molar-refractivity contribution in [1.29, 1.82) is 0 Å². The molecule has 0 amide bonds. The molecule has 0 bridgehead atoms. The van der Waals surface area contributed by atoms with Crippen molar-refractivity contribution in [2.24, 2.45) is 0 Å². The van der Waals surface area contributed by atoms with E-state index in [0.29, 0.717) is 18.2 Å². The molecule has 1 aromatic carbocycles. The lowest BCUT2D eigenvalue weighted by atomic mass is 10.1. The summed E-state index contributed by atoms with van der Waals surface area (Å²) in [6, 6.07) is 10.7. The van der Waals surface area contributed by atoms with E-state index >= 15 is 0 Å². The zero-order chi connectivity index (χ0) is 9.10. The van der Waals surface area contributed by atoms with Crippen LogP contribution in [0, 0.1) is 6.07 Å². The quantitative estimate of drug-likeness (QED) is 0.705. The van der Waals surface area contributed by atoms with E-state index in [1.807, 2.05) is 24.3 Å². The predicted molar refractivity (Wildman–Crippen MR) is 48.9 cm³/mol. The molecule has 4 nitrogen and oxygen atoms in total.